The minimum absolute atomic E-state index is 0.0988. The molecule has 3 heteroatoms. The lowest BCUT2D eigenvalue weighted by molar-refractivity contribution is 0.350. The highest BCUT2D eigenvalue weighted by molar-refractivity contribution is 5.35. The molecule has 0 spiro atoms. The average Bonchev–Trinajstić information content (AvgIpc) is 2.46. The maximum atomic E-state index is 8.53. The molecule has 1 rings (SSSR count). The third kappa shape index (κ3) is 2.33. The van der Waals surface area contributed by atoms with Gasteiger partial charge < -0.3 is 5.11 Å². The summed E-state index contributed by atoms with van der Waals surface area (Å²) < 4.78 is 1.93. The van der Waals surface area contributed by atoms with Gasteiger partial charge in [-0.05, 0) is 13.3 Å². The number of rotatable bonds is 2. The molecule has 0 aliphatic carbocycles. The molecule has 0 aromatic carbocycles. The van der Waals surface area contributed by atoms with E-state index in [0.717, 1.165) is 24.2 Å². The van der Waals surface area contributed by atoms with E-state index in [1.165, 1.54) is 0 Å². The van der Waals surface area contributed by atoms with Crippen LogP contribution in [0, 0.1) is 18.8 Å². The van der Waals surface area contributed by atoms with Crippen molar-refractivity contribution in [1.82, 2.24) is 9.78 Å². The van der Waals surface area contributed by atoms with E-state index in [2.05, 4.69) is 23.9 Å². The molecular weight excluding hydrogens is 164 g/mol. The summed E-state index contributed by atoms with van der Waals surface area (Å²) in [5.74, 6) is 5.47. The van der Waals surface area contributed by atoms with E-state index in [0.29, 0.717) is 0 Å². The lowest BCUT2D eigenvalue weighted by Gasteiger charge is -1.99. The van der Waals surface area contributed by atoms with Gasteiger partial charge in [0.15, 0.2) is 0 Å². The van der Waals surface area contributed by atoms with E-state index in [1.807, 2.05) is 11.6 Å². The van der Waals surface area contributed by atoms with Gasteiger partial charge in [0, 0.05) is 6.54 Å². The molecule has 3 nitrogen and oxygen atoms in total. The SMILES string of the molecule is CCCn1ncc(C#CCO)c1C. The standard InChI is InChI=1S/C10H14N2O/c1-3-6-12-9(2)10(8-11-12)5-4-7-13/h8,13H,3,6-7H2,1-2H3. The maximum Gasteiger partial charge on any atom is 0.104 e. The van der Waals surface area contributed by atoms with Crippen molar-refractivity contribution in [2.45, 2.75) is 26.8 Å². The molecule has 1 aromatic heterocycles. The predicted octanol–water partition coefficient (Wildman–Crippen LogP) is 0.945. The van der Waals surface area contributed by atoms with E-state index in [-0.39, 0.29) is 6.61 Å². The fourth-order valence-corrected chi connectivity index (χ4v) is 1.14. The summed E-state index contributed by atoms with van der Waals surface area (Å²) in [4.78, 5) is 0. The number of aliphatic hydroxyl groups excluding tert-OH is 1. The molecule has 70 valence electrons. The van der Waals surface area contributed by atoms with Gasteiger partial charge >= 0.3 is 0 Å². The largest absolute Gasteiger partial charge is 0.384 e. The Balaban J connectivity index is 2.86. The highest BCUT2D eigenvalue weighted by atomic mass is 16.2. The number of nitrogens with zero attached hydrogens (tertiary/aromatic N) is 2. The molecule has 13 heavy (non-hydrogen) atoms. The van der Waals surface area contributed by atoms with E-state index in [4.69, 9.17) is 5.11 Å². The van der Waals surface area contributed by atoms with Gasteiger partial charge in [0.1, 0.15) is 6.61 Å². The Labute approximate surface area is 78.4 Å². The molecule has 1 N–H and O–H groups in total. The quantitative estimate of drug-likeness (QED) is 0.684. The Morgan fingerprint density at radius 1 is 1.62 bits per heavy atom. The second kappa shape index (κ2) is 4.68. The zero-order valence-corrected chi connectivity index (χ0v) is 8.04. The van der Waals surface area contributed by atoms with Gasteiger partial charge in [0.2, 0.25) is 0 Å². The number of aromatic nitrogens is 2. The van der Waals surface area contributed by atoms with Crippen molar-refractivity contribution in [2.75, 3.05) is 6.61 Å². The molecule has 0 radical (unpaired) electrons. The van der Waals surface area contributed by atoms with E-state index >= 15 is 0 Å². The number of hydrogen-bond acceptors (Lipinski definition) is 2. The Kier molecular flexibility index (Phi) is 3.53. The van der Waals surface area contributed by atoms with Crippen molar-refractivity contribution in [3.8, 4) is 11.8 Å². The first kappa shape index (κ1) is 9.82. The van der Waals surface area contributed by atoms with Crippen molar-refractivity contribution in [2.24, 2.45) is 0 Å². The molecular formula is C10H14N2O. The van der Waals surface area contributed by atoms with Crippen molar-refractivity contribution >= 4 is 0 Å². The van der Waals surface area contributed by atoms with Gasteiger partial charge in [0.25, 0.3) is 0 Å². The van der Waals surface area contributed by atoms with E-state index in [1.54, 1.807) is 6.20 Å². The van der Waals surface area contributed by atoms with Gasteiger partial charge in [-0.2, -0.15) is 5.10 Å². The van der Waals surface area contributed by atoms with E-state index < -0.39 is 0 Å². The Hall–Kier alpha value is -1.27. The second-order valence-electron chi connectivity index (χ2n) is 2.83. The summed E-state index contributed by atoms with van der Waals surface area (Å²) in [6, 6.07) is 0. The molecule has 0 aliphatic rings. The van der Waals surface area contributed by atoms with E-state index in [9.17, 15) is 0 Å². The topological polar surface area (TPSA) is 38.0 Å². The summed E-state index contributed by atoms with van der Waals surface area (Å²) in [6.45, 7) is 4.93. The third-order valence-corrected chi connectivity index (χ3v) is 1.84. The molecule has 0 unspecified atom stereocenters. The lowest BCUT2D eigenvalue weighted by atomic mass is 10.2. The van der Waals surface area contributed by atoms with Crippen LogP contribution in [0.25, 0.3) is 0 Å². The van der Waals surface area contributed by atoms with Gasteiger partial charge in [-0.25, -0.2) is 0 Å². The zero-order valence-electron chi connectivity index (χ0n) is 8.04. The van der Waals surface area contributed by atoms with Crippen LogP contribution in [0.15, 0.2) is 6.20 Å². The van der Waals surface area contributed by atoms with Gasteiger partial charge in [-0.3, -0.25) is 4.68 Å². The number of aliphatic hydroxyl groups is 1. The summed E-state index contributed by atoms with van der Waals surface area (Å²) in [6.07, 6.45) is 2.81. The predicted molar refractivity (Wildman–Crippen MR) is 51.2 cm³/mol. The first-order chi connectivity index (χ1) is 6.29. The van der Waals surface area contributed by atoms with Crippen molar-refractivity contribution < 1.29 is 5.11 Å². The Bertz CT molecular complexity index is 330. The molecule has 1 heterocycles. The first-order valence-electron chi connectivity index (χ1n) is 4.41. The Morgan fingerprint density at radius 3 is 3.00 bits per heavy atom. The van der Waals surface area contributed by atoms with Crippen molar-refractivity contribution in [1.29, 1.82) is 0 Å². The highest BCUT2D eigenvalue weighted by Crippen LogP contribution is 2.05. The molecule has 0 saturated carbocycles. The summed E-state index contributed by atoms with van der Waals surface area (Å²) >= 11 is 0. The molecule has 0 amide bonds. The monoisotopic (exact) mass is 178 g/mol. The molecule has 0 saturated heterocycles. The number of aryl methyl sites for hydroxylation is 1. The number of hydrogen-bond donors (Lipinski definition) is 1. The van der Waals surface area contributed by atoms with Crippen LogP contribution in [0.1, 0.15) is 24.6 Å². The fraction of sp³-hybridized carbons (Fsp3) is 0.500. The maximum absolute atomic E-state index is 8.53. The third-order valence-electron chi connectivity index (χ3n) is 1.84. The smallest absolute Gasteiger partial charge is 0.104 e. The normalized spacial score (nSPS) is 9.46. The molecule has 0 bridgehead atoms. The van der Waals surface area contributed by atoms with Crippen LogP contribution in [0.2, 0.25) is 0 Å². The molecule has 1 aromatic rings. The minimum atomic E-state index is -0.0988. The minimum Gasteiger partial charge on any atom is -0.384 e. The van der Waals surface area contributed by atoms with Crippen molar-refractivity contribution in [3.05, 3.63) is 17.5 Å². The van der Waals surface area contributed by atoms with Crippen LogP contribution < -0.4 is 0 Å². The van der Waals surface area contributed by atoms with Crippen LogP contribution in [0.4, 0.5) is 0 Å². The van der Waals surface area contributed by atoms with Crippen LogP contribution in [0.3, 0.4) is 0 Å². The summed E-state index contributed by atoms with van der Waals surface area (Å²) in [5.41, 5.74) is 1.98. The summed E-state index contributed by atoms with van der Waals surface area (Å²) in [5, 5.41) is 12.7. The average molecular weight is 178 g/mol. The van der Waals surface area contributed by atoms with Gasteiger partial charge in [-0.1, -0.05) is 18.8 Å². The van der Waals surface area contributed by atoms with Gasteiger partial charge in [0.05, 0.1) is 17.5 Å². The van der Waals surface area contributed by atoms with Crippen LogP contribution in [0.5, 0.6) is 0 Å². The summed E-state index contributed by atoms with van der Waals surface area (Å²) in [7, 11) is 0. The fourth-order valence-electron chi connectivity index (χ4n) is 1.14. The Morgan fingerprint density at radius 2 is 2.38 bits per heavy atom. The van der Waals surface area contributed by atoms with Crippen molar-refractivity contribution in [3.63, 3.8) is 0 Å². The highest BCUT2D eigenvalue weighted by Gasteiger charge is 2.01. The molecule has 0 atom stereocenters. The molecule has 0 fully saturated rings. The lowest BCUT2D eigenvalue weighted by Crippen LogP contribution is -2.00. The zero-order chi connectivity index (χ0) is 9.68. The van der Waals surface area contributed by atoms with Gasteiger partial charge in [-0.15, -0.1) is 0 Å². The van der Waals surface area contributed by atoms with Crippen LogP contribution >= 0.6 is 0 Å². The van der Waals surface area contributed by atoms with Crippen LogP contribution in [-0.4, -0.2) is 21.5 Å². The second-order valence-corrected chi connectivity index (χ2v) is 2.83. The molecule has 0 aliphatic heterocycles. The first-order valence-corrected chi connectivity index (χ1v) is 4.41. The van der Waals surface area contributed by atoms with Crippen LogP contribution in [-0.2, 0) is 6.54 Å².